The van der Waals surface area contributed by atoms with Gasteiger partial charge in [0.2, 0.25) is 0 Å². The minimum atomic E-state index is 0.633. The molecule has 78 valence electrons. The fraction of sp³-hybridized carbons (Fsp3) is 1.00. The lowest BCUT2D eigenvalue weighted by Crippen LogP contribution is -2.27. The van der Waals surface area contributed by atoms with E-state index >= 15 is 0 Å². The van der Waals surface area contributed by atoms with Crippen molar-refractivity contribution in [2.75, 3.05) is 19.8 Å². The molecule has 13 heavy (non-hydrogen) atoms. The van der Waals surface area contributed by atoms with Crippen molar-refractivity contribution < 1.29 is 4.74 Å². The molecule has 1 N–H and O–H groups in total. The summed E-state index contributed by atoms with van der Waals surface area (Å²) in [6.07, 6.45) is 5.17. The predicted molar refractivity (Wildman–Crippen MR) is 55.9 cm³/mol. The molecular weight excluding hydrogens is 162 g/mol. The van der Waals surface area contributed by atoms with Gasteiger partial charge in [-0.2, -0.15) is 0 Å². The first kappa shape index (κ1) is 11.0. The first-order chi connectivity index (χ1) is 6.33. The summed E-state index contributed by atoms with van der Waals surface area (Å²) in [6.45, 7) is 7.53. The molecule has 2 heteroatoms. The van der Waals surface area contributed by atoms with Crippen LogP contribution in [0.15, 0.2) is 0 Å². The van der Waals surface area contributed by atoms with Gasteiger partial charge in [0.15, 0.2) is 0 Å². The first-order valence-electron chi connectivity index (χ1n) is 5.64. The Morgan fingerprint density at radius 3 is 3.00 bits per heavy atom. The molecule has 0 saturated carbocycles. The van der Waals surface area contributed by atoms with Crippen molar-refractivity contribution in [1.82, 2.24) is 5.32 Å². The van der Waals surface area contributed by atoms with Crippen LogP contribution < -0.4 is 5.32 Å². The van der Waals surface area contributed by atoms with Crippen molar-refractivity contribution in [3.63, 3.8) is 0 Å². The fourth-order valence-electron chi connectivity index (χ4n) is 1.89. The van der Waals surface area contributed by atoms with Crippen molar-refractivity contribution >= 4 is 0 Å². The second-order valence-corrected chi connectivity index (χ2v) is 4.22. The third kappa shape index (κ3) is 4.63. The summed E-state index contributed by atoms with van der Waals surface area (Å²) < 4.78 is 5.67. The van der Waals surface area contributed by atoms with Gasteiger partial charge in [0, 0.05) is 12.6 Å². The summed E-state index contributed by atoms with van der Waals surface area (Å²) in [5, 5.41) is 3.44. The van der Waals surface area contributed by atoms with Crippen LogP contribution in [0.2, 0.25) is 0 Å². The zero-order valence-corrected chi connectivity index (χ0v) is 9.01. The molecule has 1 aliphatic rings. The minimum Gasteiger partial charge on any atom is -0.380 e. The maximum atomic E-state index is 5.67. The topological polar surface area (TPSA) is 21.3 Å². The Morgan fingerprint density at radius 1 is 1.54 bits per heavy atom. The number of hydrogen-bond acceptors (Lipinski definition) is 2. The van der Waals surface area contributed by atoms with Crippen molar-refractivity contribution in [1.29, 1.82) is 0 Å². The van der Waals surface area contributed by atoms with Crippen LogP contribution in [0.1, 0.15) is 39.5 Å². The lowest BCUT2D eigenvalue weighted by Gasteiger charge is -2.14. The summed E-state index contributed by atoms with van der Waals surface area (Å²) in [6, 6.07) is 0.633. The van der Waals surface area contributed by atoms with Crippen LogP contribution in [0.25, 0.3) is 0 Å². The third-order valence-corrected chi connectivity index (χ3v) is 2.67. The van der Waals surface area contributed by atoms with E-state index < -0.39 is 0 Å². The third-order valence-electron chi connectivity index (χ3n) is 2.67. The zero-order valence-electron chi connectivity index (χ0n) is 9.01. The zero-order chi connectivity index (χ0) is 9.52. The molecule has 2 nitrogen and oxygen atoms in total. The monoisotopic (exact) mass is 185 g/mol. The smallest absolute Gasteiger partial charge is 0.0619 e. The highest BCUT2D eigenvalue weighted by Gasteiger charge is 2.13. The van der Waals surface area contributed by atoms with Crippen LogP contribution in [0.4, 0.5) is 0 Å². The van der Waals surface area contributed by atoms with Crippen LogP contribution in [0.3, 0.4) is 0 Å². The molecule has 1 rings (SSSR count). The van der Waals surface area contributed by atoms with Crippen LogP contribution in [-0.2, 0) is 4.74 Å². The van der Waals surface area contributed by atoms with Gasteiger partial charge in [0.25, 0.3) is 0 Å². The molecule has 1 aliphatic heterocycles. The molecule has 1 saturated heterocycles. The quantitative estimate of drug-likeness (QED) is 0.685. The average molecular weight is 185 g/mol. The average Bonchev–Trinajstić information content (AvgIpc) is 2.57. The molecule has 0 spiro atoms. The molecule has 0 aromatic carbocycles. The number of ether oxygens (including phenoxy) is 1. The molecule has 0 aliphatic carbocycles. The SMILES string of the molecule is CCCC(C)COCC1CCCN1. The number of hydrogen-bond donors (Lipinski definition) is 1. The molecule has 0 aromatic rings. The maximum absolute atomic E-state index is 5.67. The van der Waals surface area contributed by atoms with Gasteiger partial charge >= 0.3 is 0 Å². The molecule has 0 amide bonds. The Morgan fingerprint density at radius 2 is 2.38 bits per heavy atom. The maximum Gasteiger partial charge on any atom is 0.0619 e. The molecule has 2 atom stereocenters. The van der Waals surface area contributed by atoms with Gasteiger partial charge in [0.05, 0.1) is 6.61 Å². The van der Waals surface area contributed by atoms with Crippen molar-refractivity contribution in [3.8, 4) is 0 Å². The molecular formula is C11H23NO. The number of nitrogens with one attached hydrogen (secondary N) is 1. The van der Waals surface area contributed by atoms with E-state index in [1.165, 1.54) is 32.2 Å². The van der Waals surface area contributed by atoms with E-state index in [-0.39, 0.29) is 0 Å². The number of rotatable bonds is 6. The van der Waals surface area contributed by atoms with Crippen molar-refractivity contribution in [2.45, 2.75) is 45.6 Å². The highest BCUT2D eigenvalue weighted by atomic mass is 16.5. The van der Waals surface area contributed by atoms with E-state index in [0.717, 1.165) is 19.1 Å². The first-order valence-corrected chi connectivity index (χ1v) is 5.64. The summed E-state index contributed by atoms with van der Waals surface area (Å²) in [4.78, 5) is 0. The second-order valence-electron chi connectivity index (χ2n) is 4.22. The van der Waals surface area contributed by atoms with Crippen LogP contribution in [0.5, 0.6) is 0 Å². The predicted octanol–water partition coefficient (Wildman–Crippen LogP) is 2.19. The summed E-state index contributed by atoms with van der Waals surface area (Å²) in [7, 11) is 0. The van der Waals surface area contributed by atoms with Crippen LogP contribution in [-0.4, -0.2) is 25.8 Å². The molecule has 0 aromatic heterocycles. The summed E-state index contributed by atoms with van der Waals surface area (Å²) >= 11 is 0. The molecule has 0 radical (unpaired) electrons. The van der Waals surface area contributed by atoms with Crippen LogP contribution in [0, 0.1) is 5.92 Å². The summed E-state index contributed by atoms with van der Waals surface area (Å²) in [5.41, 5.74) is 0. The Balaban J connectivity index is 1.93. The fourth-order valence-corrected chi connectivity index (χ4v) is 1.89. The molecule has 0 bridgehead atoms. The van der Waals surface area contributed by atoms with Gasteiger partial charge in [-0.3, -0.25) is 0 Å². The largest absolute Gasteiger partial charge is 0.380 e. The van der Waals surface area contributed by atoms with Gasteiger partial charge in [-0.1, -0.05) is 20.3 Å². The lowest BCUT2D eigenvalue weighted by atomic mass is 10.1. The standard InChI is InChI=1S/C11H23NO/c1-3-5-10(2)8-13-9-11-6-4-7-12-11/h10-12H,3-9H2,1-2H3. The Bertz CT molecular complexity index is 121. The lowest BCUT2D eigenvalue weighted by molar-refractivity contribution is 0.0872. The highest BCUT2D eigenvalue weighted by Crippen LogP contribution is 2.08. The van der Waals surface area contributed by atoms with E-state index in [2.05, 4.69) is 19.2 Å². The molecule has 2 unspecified atom stereocenters. The van der Waals surface area contributed by atoms with E-state index in [4.69, 9.17) is 4.74 Å². The normalized spacial score (nSPS) is 24.9. The van der Waals surface area contributed by atoms with Crippen molar-refractivity contribution in [2.24, 2.45) is 5.92 Å². The van der Waals surface area contributed by atoms with Crippen LogP contribution >= 0.6 is 0 Å². The van der Waals surface area contributed by atoms with E-state index in [1.807, 2.05) is 0 Å². The van der Waals surface area contributed by atoms with Gasteiger partial charge < -0.3 is 10.1 Å². The highest BCUT2D eigenvalue weighted by molar-refractivity contribution is 4.73. The Labute approximate surface area is 82.0 Å². The van der Waals surface area contributed by atoms with E-state index in [9.17, 15) is 0 Å². The van der Waals surface area contributed by atoms with E-state index in [1.54, 1.807) is 0 Å². The van der Waals surface area contributed by atoms with Gasteiger partial charge in [0.1, 0.15) is 0 Å². The second kappa shape index (κ2) is 6.39. The molecule has 1 heterocycles. The molecule has 1 fully saturated rings. The van der Waals surface area contributed by atoms with Crippen molar-refractivity contribution in [3.05, 3.63) is 0 Å². The summed E-state index contributed by atoms with van der Waals surface area (Å²) in [5.74, 6) is 0.728. The Kier molecular flexibility index (Phi) is 5.40. The van der Waals surface area contributed by atoms with E-state index in [0.29, 0.717) is 6.04 Å². The Hall–Kier alpha value is -0.0800. The van der Waals surface area contributed by atoms with Gasteiger partial charge in [-0.25, -0.2) is 0 Å². The van der Waals surface area contributed by atoms with Gasteiger partial charge in [-0.15, -0.1) is 0 Å². The minimum absolute atomic E-state index is 0.633. The van der Waals surface area contributed by atoms with Gasteiger partial charge in [-0.05, 0) is 31.7 Å².